The molecule has 28 heavy (non-hydrogen) atoms. The van der Waals surface area contributed by atoms with E-state index in [0.29, 0.717) is 36.0 Å². The van der Waals surface area contributed by atoms with Crippen LogP contribution in [-0.4, -0.2) is 28.5 Å². The molecule has 5 nitrogen and oxygen atoms in total. The summed E-state index contributed by atoms with van der Waals surface area (Å²) in [4.78, 5) is 12.5. The quantitative estimate of drug-likeness (QED) is 0.535. The first-order valence-electron chi connectivity index (χ1n) is 9.73. The Bertz CT molecular complexity index is 942. The van der Waals surface area contributed by atoms with E-state index in [9.17, 15) is 9.90 Å². The zero-order valence-electron chi connectivity index (χ0n) is 16.4. The van der Waals surface area contributed by atoms with Crippen molar-refractivity contribution in [3.8, 4) is 16.9 Å². The van der Waals surface area contributed by atoms with Gasteiger partial charge in [0.2, 0.25) is 0 Å². The topological polar surface area (TPSA) is 90.9 Å². The number of hydrogen-bond acceptors (Lipinski definition) is 5. The van der Waals surface area contributed by atoms with Crippen molar-refractivity contribution >= 4 is 11.0 Å². The maximum Gasteiger partial charge on any atom is 0.344 e. The van der Waals surface area contributed by atoms with Crippen LogP contribution in [0.5, 0.6) is 5.75 Å². The third-order valence-electron chi connectivity index (χ3n) is 4.37. The minimum Gasteiger partial charge on any atom is -0.508 e. The molecule has 0 spiro atoms. The molecule has 0 saturated heterocycles. The lowest BCUT2D eigenvalue weighted by atomic mass is 9.98. The Morgan fingerprint density at radius 1 is 0.893 bits per heavy atom. The third kappa shape index (κ3) is 5.21. The Kier molecular flexibility index (Phi) is 8.23. The molecule has 0 bridgehead atoms. The number of aromatic hydroxyl groups is 1. The van der Waals surface area contributed by atoms with Crippen molar-refractivity contribution in [2.75, 3.05) is 13.2 Å². The fourth-order valence-electron chi connectivity index (χ4n) is 3.10. The summed E-state index contributed by atoms with van der Waals surface area (Å²) in [5.74, 6) is 0.136. The number of fused-ring (bicyclic) bond motifs is 1. The van der Waals surface area contributed by atoms with E-state index in [2.05, 4.69) is 0 Å². The Hall–Kier alpha value is -2.63. The van der Waals surface area contributed by atoms with Crippen LogP contribution in [0.1, 0.15) is 37.8 Å². The van der Waals surface area contributed by atoms with Crippen LogP contribution in [0, 0.1) is 0 Å². The molecule has 0 amide bonds. The van der Waals surface area contributed by atoms with Gasteiger partial charge in [-0.25, -0.2) is 4.79 Å². The highest BCUT2D eigenvalue weighted by atomic mass is 16.4. The van der Waals surface area contributed by atoms with E-state index < -0.39 is 5.63 Å². The SMILES string of the molecule is CC.O=c1oc2c(CCCO)cc(CCCO)cc2cc1-c1ccc(O)cc1. The van der Waals surface area contributed by atoms with Gasteiger partial charge in [-0.3, -0.25) is 0 Å². The molecular weight excluding hydrogens is 356 g/mol. The van der Waals surface area contributed by atoms with Crippen LogP contribution < -0.4 is 5.63 Å². The molecule has 0 aliphatic carbocycles. The second-order valence-electron chi connectivity index (χ2n) is 6.32. The number of phenolic OH excluding ortho intramolecular Hbond substituents is 1. The first kappa shape index (κ1) is 21.7. The van der Waals surface area contributed by atoms with Crippen LogP contribution in [0.3, 0.4) is 0 Å². The number of phenols is 1. The molecule has 0 aliphatic heterocycles. The summed E-state index contributed by atoms with van der Waals surface area (Å²) in [5.41, 5.74) is 3.17. The zero-order valence-corrected chi connectivity index (χ0v) is 16.4. The average molecular weight is 384 g/mol. The van der Waals surface area contributed by atoms with Gasteiger partial charge in [-0.15, -0.1) is 0 Å². The second kappa shape index (κ2) is 10.6. The highest BCUT2D eigenvalue weighted by Crippen LogP contribution is 2.27. The summed E-state index contributed by atoms with van der Waals surface area (Å²) < 4.78 is 5.62. The minimum atomic E-state index is -0.434. The molecule has 0 atom stereocenters. The lowest BCUT2D eigenvalue weighted by Gasteiger charge is -2.10. The molecule has 1 heterocycles. The molecule has 0 unspecified atom stereocenters. The van der Waals surface area contributed by atoms with Crippen LogP contribution in [0.25, 0.3) is 22.1 Å². The number of rotatable bonds is 7. The molecule has 0 aliphatic rings. The molecule has 150 valence electrons. The Morgan fingerprint density at radius 2 is 1.54 bits per heavy atom. The first-order chi connectivity index (χ1) is 13.6. The number of aliphatic hydroxyl groups is 2. The Morgan fingerprint density at radius 3 is 2.18 bits per heavy atom. The van der Waals surface area contributed by atoms with Crippen molar-refractivity contribution in [1.29, 1.82) is 0 Å². The molecule has 2 aromatic carbocycles. The standard InChI is InChI=1S/C21H22O5.C2H6/c22-9-1-3-14-11-16(4-2-10-23)20-17(12-14)13-19(21(25)26-20)15-5-7-18(24)8-6-15;1-2/h5-8,11-13,22-24H,1-4,9-10H2;1-2H3. The summed E-state index contributed by atoms with van der Waals surface area (Å²) in [6, 6.07) is 12.2. The summed E-state index contributed by atoms with van der Waals surface area (Å²) in [5, 5.41) is 28.5. The van der Waals surface area contributed by atoms with E-state index in [0.717, 1.165) is 22.9 Å². The molecule has 3 aromatic rings. The van der Waals surface area contributed by atoms with Gasteiger partial charge >= 0.3 is 5.63 Å². The second-order valence-corrected chi connectivity index (χ2v) is 6.32. The molecule has 0 radical (unpaired) electrons. The van der Waals surface area contributed by atoms with E-state index in [4.69, 9.17) is 14.6 Å². The van der Waals surface area contributed by atoms with Gasteiger partial charge in [0.15, 0.2) is 0 Å². The molecule has 5 heteroatoms. The van der Waals surface area contributed by atoms with E-state index in [-0.39, 0.29) is 19.0 Å². The van der Waals surface area contributed by atoms with Gasteiger partial charge < -0.3 is 19.7 Å². The highest BCUT2D eigenvalue weighted by molar-refractivity contribution is 5.85. The fraction of sp³-hybridized carbons (Fsp3) is 0.348. The predicted octanol–water partition coefficient (Wildman–Crippen LogP) is 4.04. The molecule has 3 N–H and O–H groups in total. The average Bonchev–Trinajstić information content (AvgIpc) is 2.72. The Labute approximate surface area is 164 Å². The van der Waals surface area contributed by atoms with E-state index in [1.54, 1.807) is 18.2 Å². The van der Waals surface area contributed by atoms with Crippen molar-refractivity contribution < 1.29 is 19.7 Å². The van der Waals surface area contributed by atoms with Crippen LogP contribution in [0.2, 0.25) is 0 Å². The van der Waals surface area contributed by atoms with Crippen molar-refractivity contribution in [3.63, 3.8) is 0 Å². The molecular formula is C23H28O5. The lowest BCUT2D eigenvalue weighted by Crippen LogP contribution is -2.05. The zero-order chi connectivity index (χ0) is 20.5. The summed E-state index contributed by atoms with van der Waals surface area (Å²) in [6.45, 7) is 4.19. The van der Waals surface area contributed by atoms with Crippen molar-refractivity contribution in [2.45, 2.75) is 39.5 Å². The van der Waals surface area contributed by atoms with Gasteiger partial charge in [-0.05, 0) is 66.6 Å². The van der Waals surface area contributed by atoms with Gasteiger partial charge in [-0.1, -0.05) is 32.0 Å². The molecule has 0 fully saturated rings. The Balaban J connectivity index is 0.00000136. The van der Waals surface area contributed by atoms with Crippen LogP contribution >= 0.6 is 0 Å². The summed E-state index contributed by atoms with van der Waals surface area (Å²) in [6.07, 6.45) is 2.59. The van der Waals surface area contributed by atoms with E-state index in [1.165, 1.54) is 12.1 Å². The van der Waals surface area contributed by atoms with Gasteiger partial charge in [0.25, 0.3) is 0 Å². The predicted molar refractivity (Wildman–Crippen MR) is 112 cm³/mol. The normalized spacial score (nSPS) is 10.6. The summed E-state index contributed by atoms with van der Waals surface area (Å²) >= 11 is 0. The largest absolute Gasteiger partial charge is 0.508 e. The number of benzene rings is 2. The number of aryl methyl sites for hydroxylation is 2. The molecule has 3 rings (SSSR count). The van der Waals surface area contributed by atoms with Gasteiger partial charge in [0, 0.05) is 18.6 Å². The van der Waals surface area contributed by atoms with Crippen molar-refractivity contribution in [1.82, 2.24) is 0 Å². The monoisotopic (exact) mass is 384 g/mol. The smallest absolute Gasteiger partial charge is 0.344 e. The van der Waals surface area contributed by atoms with Gasteiger partial charge in [-0.2, -0.15) is 0 Å². The van der Waals surface area contributed by atoms with Gasteiger partial charge in [0.05, 0.1) is 5.56 Å². The molecule has 0 saturated carbocycles. The van der Waals surface area contributed by atoms with E-state index >= 15 is 0 Å². The fourth-order valence-corrected chi connectivity index (χ4v) is 3.10. The lowest BCUT2D eigenvalue weighted by molar-refractivity contribution is 0.288. The van der Waals surface area contributed by atoms with Crippen molar-refractivity contribution in [2.24, 2.45) is 0 Å². The van der Waals surface area contributed by atoms with Crippen molar-refractivity contribution in [3.05, 3.63) is 64.0 Å². The maximum atomic E-state index is 12.5. The van der Waals surface area contributed by atoms with Crippen LogP contribution in [-0.2, 0) is 12.8 Å². The number of hydrogen-bond donors (Lipinski definition) is 3. The summed E-state index contributed by atoms with van der Waals surface area (Å²) in [7, 11) is 0. The van der Waals surface area contributed by atoms with Crippen LogP contribution in [0.4, 0.5) is 0 Å². The maximum absolute atomic E-state index is 12.5. The van der Waals surface area contributed by atoms with Gasteiger partial charge in [0.1, 0.15) is 11.3 Å². The number of aliphatic hydroxyl groups excluding tert-OH is 2. The molecule has 1 aromatic heterocycles. The third-order valence-corrected chi connectivity index (χ3v) is 4.37. The minimum absolute atomic E-state index is 0.0676. The first-order valence-corrected chi connectivity index (χ1v) is 9.73. The highest BCUT2D eigenvalue weighted by Gasteiger charge is 2.12. The van der Waals surface area contributed by atoms with E-state index in [1.807, 2.05) is 26.0 Å². The van der Waals surface area contributed by atoms with Crippen LogP contribution in [0.15, 0.2) is 51.7 Å².